The van der Waals surface area contributed by atoms with Crippen LogP contribution in [0.3, 0.4) is 0 Å². The van der Waals surface area contributed by atoms with Crippen LogP contribution in [0.1, 0.15) is 61.5 Å². The Kier molecular flexibility index (Phi) is 7.78. The van der Waals surface area contributed by atoms with Gasteiger partial charge in [0.15, 0.2) is 5.69 Å². The predicted molar refractivity (Wildman–Crippen MR) is 129 cm³/mol. The van der Waals surface area contributed by atoms with Gasteiger partial charge in [-0.3, -0.25) is 23.7 Å². The van der Waals surface area contributed by atoms with Crippen molar-refractivity contribution < 1.29 is 35.4 Å². The first-order valence-corrected chi connectivity index (χ1v) is 11.2. The molecular weight excluding hydrogens is 503 g/mol. The van der Waals surface area contributed by atoms with E-state index in [2.05, 4.69) is 25.8 Å². The molecule has 2 aromatic heterocycles. The van der Waals surface area contributed by atoms with Gasteiger partial charge in [0.1, 0.15) is 11.6 Å². The second-order valence-electron chi connectivity index (χ2n) is 8.49. The van der Waals surface area contributed by atoms with E-state index in [1.165, 1.54) is 34.9 Å². The van der Waals surface area contributed by atoms with Crippen LogP contribution in [0, 0.1) is 12.7 Å². The molecule has 13 nitrogen and oxygen atoms in total. The van der Waals surface area contributed by atoms with Crippen LogP contribution in [0.15, 0.2) is 33.5 Å². The van der Waals surface area contributed by atoms with Gasteiger partial charge in [-0.1, -0.05) is 12.1 Å². The van der Waals surface area contributed by atoms with E-state index < -0.39 is 52.6 Å². The van der Waals surface area contributed by atoms with Crippen LogP contribution in [0.2, 0.25) is 0 Å². The minimum absolute atomic E-state index is 0.0342. The van der Waals surface area contributed by atoms with Crippen LogP contribution >= 0.6 is 0 Å². The highest BCUT2D eigenvalue weighted by atomic mass is 19.1. The van der Waals surface area contributed by atoms with Crippen molar-refractivity contribution in [1.29, 1.82) is 0 Å². The van der Waals surface area contributed by atoms with Crippen molar-refractivity contribution in [3.05, 3.63) is 69.3 Å². The number of hydrogen-bond acceptors (Lipinski definition) is 10. The number of halogens is 1. The number of rotatable bonds is 10. The maximum absolute atomic E-state index is 13.3. The van der Waals surface area contributed by atoms with Crippen LogP contribution in [-0.2, 0) is 28.6 Å². The summed E-state index contributed by atoms with van der Waals surface area (Å²) in [5.74, 6) is -4.70. The summed E-state index contributed by atoms with van der Waals surface area (Å²) in [4.78, 5) is 55.9. The molecule has 2 amide bonds. The zero-order chi connectivity index (χ0) is 29.8. The number of amides is 2. The van der Waals surface area contributed by atoms with Crippen molar-refractivity contribution in [3.63, 3.8) is 0 Å². The summed E-state index contributed by atoms with van der Waals surface area (Å²) in [6.07, 6.45) is -0.260. The van der Waals surface area contributed by atoms with Gasteiger partial charge in [0.25, 0.3) is 11.5 Å². The van der Waals surface area contributed by atoms with Gasteiger partial charge in [-0.05, 0) is 31.5 Å². The van der Waals surface area contributed by atoms with Gasteiger partial charge in [-0.15, -0.1) is 10.2 Å². The first kappa shape index (κ1) is 25.2. The molecule has 1 aromatic carbocycles. The second kappa shape index (κ2) is 11.7. The summed E-state index contributed by atoms with van der Waals surface area (Å²) in [5, 5.41) is 11.9. The SMILES string of the molecule is [2H]C([2H])(NC(=O)c1nc(C(C)(C)NC(=O)c2nnc(C)o2)n(C)c(=O)c1OC(=O)CCOC)c1ccc(F)cc1. The molecule has 0 aliphatic rings. The van der Waals surface area contributed by atoms with Crippen LogP contribution in [-0.4, -0.2) is 51.2 Å². The highest BCUT2D eigenvalue weighted by Crippen LogP contribution is 2.22. The lowest BCUT2D eigenvalue weighted by atomic mass is 10.0. The molecule has 38 heavy (non-hydrogen) atoms. The molecule has 0 saturated carbocycles. The summed E-state index contributed by atoms with van der Waals surface area (Å²) in [6.45, 7) is 1.85. The number of esters is 1. The topological polar surface area (TPSA) is 168 Å². The summed E-state index contributed by atoms with van der Waals surface area (Å²) >= 11 is 0. The van der Waals surface area contributed by atoms with Crippen molar-refractivity contribution in [1.82, 2.24) is 30.4 Å². The molecule has 2 heterocycles. The number of carbonyl (C=O) groups is 3. The van der Waals surface area contributed by atoms with E-state index in [1.807, 2.05) is 0 Å². The second-order valence-corrected chi connectivity index (χ2v) is 8.49. The van der Waals surface area contributed by atoms with Gasteiger partial charge >= 0.3 is 17.8 Å². The molecule has 0 unspecified atom stereocenters. The Labute approximate surface area is 219 Å². The average molecular weight is 533 g/mol. The monoisotopic (exact) mass is 532 g/mol. The van der Waals surface area contributed by atoms with E-state index in [4.69, 9.17) is 16.6 Å². The number of aromatic nitrogens is 4. The molecule has 3 aromatic rings. The molecule has 0 spiro atoms. The number of ether oxygens (including phenoxy) is 2. The number of carbonyl (C=O) groups excluding carboxylic acids is 3. The summed E-state index contributed by atoms with van der Waals surface area (Å²) in [5.41, 5.74) is -3.26. The fourth-order valence-corrected chi connectivity index (χ4v) is 3.24. The van der Waals surface area contributed by atoms with Gasteiger partial charge in [-0.25, -0.2) is 9.37 Å². The lowest BCUT2D eigenvalue weighted by molar-refractivity contribution is -0.135. The first-order valence-electron chi connectivity index (χ1n) is 12.2. The van der Waals surface area contributed by atoms with Crippen molar-refractivity contribution in [2.75, 3.05) is 13.7 Å². The Morgan fingerprint density at radius 2 is 1.87 bits per heavy atom. The number of nitrogens with one attached hydrogen (secondary N) is 2. The lowest BCUT2D eigenvalue weighted by Gasteiger charge is -2.27. The fourth-order valence-electron chi connectivity index (χ4n) is 3.24. The quantitative estimate of drug-likeness (QED) is 0.361. The minimum Gasteiger partial charge on any atom is -0.418 e. The van der Waals surface area contributed by atoms with E-state index in [-0.39, 0.29) is 36.2 Å². The van der Waals surface area contributed by atoms with E-state index in [9.17, 15) is 23.6 Å². The number of aryl methyl sites for hydroxylation is 1. The van der Waals surface area contributed by atoms with E-state index >= 15 is 0 Å². The van der Waals surface area contributed by atoms with Crippen molar-refractivity contribution in [2.45, 2.75) is 39.2 Å². The molecule has 202 valence electrons. The van der Waals surface area contributed by atoms with Gasteiger partial charge in [0, 0.05) is 27.6 Å². The van der Waals surface area contributed by atoms with Crippen LogP contribution in [0.4, 0.5) is 4.39 Å². The third-order valence-electron chi connectivity index (χ3n) is 5.06. The molecule has 0 saturated heterocycles. The Bertz CT molecular complexity index is 1490. The molecular formula is C24H27FN6O7. The fraction of sp³-hybridized carbons (Fsp3) is 0.375. The Morgan fingerprint density at radius 3 is 2.47 bits per heavy atom. The molecule has 0 radical (unpaired) electrons. The molecule has 14 heteroatoms. The van der Waals surface area contributed by atoms with Gasteiger partial charge in [0.2, 0.25) is 11.6 Å². The summed E-state index contributed by atoms with van der Waals surface area (Å²) < 4.78 is 46.0. The Hall–Kier alpha value is -4.46. The number of methoxy groups -OCH3 is 1. The summed E-state index contributed by atoms with van der Waals surface area (Å²) in [7, 11) is 2.63. The van der Waals surface area contributed by atoms with Crippen LogP contribution in [0.5, 0.6) is 5.75 Å². The number of benzene rings is 1. The van der Waals surface area contributed by atoms with E-state index in [1.54, 1.807) is 0 Å². The average Bonchev–Trinajstić information content (AvgIpc) is 3.31. The summed E-state index contributed by atoms with van der Waals surface area (Å²) in [6, 6.07) is 4.27. The van der Waals surface area contributed by atoms with Crippen LogP contribution in [0.25, 0.3) is 0 Å². The zero-order valence-electron chi connectivity index (χ0n) is 23.2. The molecule has 0 atom stereocenters. The molecule has 3 rings (SSSR count). The first-order chi connectivity index (χ1) is 18.7. The highest BCUT2D eigenvalue weighted by Gasteiger charge is 2.33. The smallest absolute Gasteiger partial charge is 0.313 e. The number of nitrogens with zero attached hydrogens (tertiary/aromatic N) is 4. The van der Waals surface area contributed by atoms with Gasteiger partial charge in [0.05, 0.1) is 21.3 Å². The number of hydrogen-bond donors (Lipinski definition) is 2. The highest BCUT2D eigenvalue weighted by molar-refractivity contribution is 5.95. The van der Waals surface area contributed by atoms with Crippen LogP contribution < -0.4 is 20.9 Å². The lowest BCUT2D eigenvalue weighted by Crippen LogP contribution is -2.46. The Morgan fingerprint density at radius 1 is 1.18 bits per heavy atom. The third-order valence-corrected chi connectivity index (χ3v) is 5.06. The standard InChI is InChI=1S/C24H27FN6O7/c1-13-29-30-21(37-13)20(34)28-24(2,3)23-27-17(19(33)26-12-14-6-8-15(25)9-7-14)18(22(35)31(23)4)38-16(32)10-11-36-5/h6-9H,10-12H2,1-5H3,(H,26,33)(H,28,34)/i12D2. The van der Waals surface area contributed by atoms with Crippen molar-refractivity contribution in [3.8, 4) is 5.75 Å². The van der Waals surface area contributed by atoms with Gasteiger partial charge in [-0.2, -0.15) is 0 Å². The minimum atomic E-state index is -2.55. The molecule has 0 aliphatic carbocycles. The van der Waals surface area contributed by atoms with Crippen molar-refractivity contribution >= 4 is 17.8 Å². The molecule has 0 bridgehead atoms. The largest absolute Gasteiger partial charge is 0.418 e. The maximum Gasteiger partial charge on any atom is 0.313 e. The predicted octanol–water partition coefficient (Wildman–Crippen LogP) is 1.15. The molecule has 0 aliphatic heterocycles. The zero-order valence-corrected chi connectivity index (χ0v) is 21.2. The van der Waals surface area contributed by atoms with E-state index in [0.717, 1.165) is 28.8 Å². The molecule has 0 fully saturated rings. The third kappa shape index (κ3) is 6.64. The molecule has 2 N–H and O–H groups in total. The maximum atomic E-state index is 13.3. The Balaban J connectivity index is 2.07. The van der Waals surface area contributed by atoms with Gasteiger partial charge < -0.3 is 24.5 Å². The van der Waals surface area contributed by atoms with Crippen molar-refractivity contribution in [2.24, 2.45) is 7.05 Å². The van der Waals surface area contributed by atoms with E-state index in [0.29, 0.717) is 0 Å². The normalized spacial score (nSPS) is 12.4.